The van der Waals surface area contributed by atoms with E-state index in [0.29, 0.717) is 18.3 Å². The van der Waals surface area contributed by atoms with Crippen LogP contribution in [0.3, 0.4) is 0 Å². The van der Waals surface area contributed by atoms with Crippen LogP contribution in [0.2, 0.25) is 0 Å². The van der Waals surface area contributed by atoms with E-state index in [1.54, 1.807) is 11.3 Å². The standard InChI is InChI=1S/C12H16N4O2S/c1-8-11(19-7-13-8)5-16-3-4-17-6-10(16)12-14-9(2)15-18-12/h7,10H,3-6H2,1-2H3/t10-/m1/s1. The van der Waals surface area contributed by atoms with Gasteiger partial charge in [-0.1, -0.05) is 5.16 Å². The summed E-state index contributed by atoms with van der Waals surface area (Å²) >= 11 is 1.69. The van der Waals surface area contributed by atoms with E-state index >= 15 is 0 Å². The normalized spacial score (nSPS) is 20.8. The van der Waals surface area contributed by atoms with Crippen molar-refractivity contribution in [3.8, 4) is 0 Å². The molecule has 0 amide bonds. The molecule has 7 heteroatoms. The van der Waals surface area contributed by atoms with Crippen LogP contribution in [0.25, 0.3) is 0 Å². The van der Waals surface area contributed by atoms with Crippen LogP contribution in [-0.4, -0.2) is 39.8 Å². The quantitative estimate of drug-likeness (QED) is 0.853. The Hall–Kier alpha value is -1.31. The maximum absolute atomic E-state index is 5.54. The number of ether oxygens (including phenoxy) is 1. The molecular weight excluding hydrogens is 264 g/mol. The Bertz CT molecular complexity index is 553. The van der Waals surface area contributed by atoms with Gasteiger partial charge >= 0.3 is 0 Å². The van der Waals surface area contributed by atoms with Crippen LogP contribution in [0, 0.1) is 13.8 Å². The molecule has 19 heavy (non-hydrogen) atoms. The van der Waals surface area contributed by atoms with Crippen LogP contribution in [0.5, 0.6) is 0 Å². The third-order valence-corrected chi connectivity index (χ3v) is 4.18. The molecule has 0 aromatic carbocycles. The van der Waals surface area contributed by atoms with E-state index in [1.165, 1.54) is 4.88 Å². The maximum Gasteiger partial charge on any atom is 0.246 e. The molecule has 0 saturated carbocycles. The average Bonchev–Trinajstić information content (AvgIpc) is 3.00. The van der Waals surface area contributed by atoms with Crippen LogP contribution < -0.4 is 0 Å². The minimum absolute atomic E-state index is 0.0384. The summed E-state index contributed by atoms with van der Waals surface area (Å²) in [5.74, 6) is 1.30. The molecule has 3 rings (SSSR count). The van der Waals surface area contributed by atoms with Gasteiger partial charge in [-0.25, -0.2) is 4.98 Å². The Balaban J connectivity index is 1.79. The molecule has 1 aliphatic rings. The number of hydrogen-bond donors (Lipinski definition) is 0. The van der Waals surface area contributed by atoms with Crippen molar-refractivity contribution >= 4 is 11.3 Å². The summed E-state index contributed by atoms with van der Waals surface area (Å²) in [4.78, 5) is 12.2. The van der Waals surface area contributed by atoms with Crippen molar-refractivity contribution < 1.29 is 9.26 Å². The SMILES string of the molecule is Cc1noc([C@H]2COCCN2Cc2scnc2C)n1. The summed E-state index contributed by atoms with van der Waals surface area (Å²) in [6.07, 6.45) is 0. The molecule has 3 heterocycles. The lowest BCUT2D eigenvalue weighted by molar-refractivity contribution is -0.0237. The molecule has 2 aromatic rings. The van der Waals surface area contributed by atoms with Gasteiger partial charge in [0.25, 0.3) is 0 Å². The fraction of sp³-hybridized carbons (Fsp3) is 0.583. The van der Waals surface area contributed by atoms with Crippen molar-refractivity contribution in [3.05, 3.63) is 27.8 Å². The highest BCUT2D eigenvalue weighted by Gasteiger charge is 2.29. The molecule has 102 valence electrons. The molecule has 0 unspecified atom stereocenters. The molecule has 1 saturated heterocycles. The van der Waals surface area contributed by atoms with E-state index in [-0.39, 0.29) is 6.04 Å². The zero-order chi connectivity index (χ0) is 13.2. The molecular formula is C12H16N4O2S. The second-order valence-electron chi connectivity index (χ2n) is 4.60. The predicted octanol–water partition coefficient (Wildman–Crippen LogP) is 1.72. The largest absolute Gasteiger partial charge is 0.378 e. The molecule has 1 fully saturated rings. The van der Waals surface area contributed by atoms with Gasteiger partial charge in [-0.2, -0.15) is 4.98 Å². The van der Waals surface area contributed by atoms with E-state index in [2.05, 4.69) is 20.0 Å². The Morgan fingerprint density at radius 3 is 3.05 bits per heavy atom. The number of aromatic nitrogens is 3. The van der Waals surface area contributed by atoms with Crippen molar-refractivity contribution in [1.82, 2.24) is 20.0 Å². The van der Waals surface area contributed by atoms with Crippen LogP contribution in [-0.2, 0) is 11.3 Å². The molecule has 0 aliphatic carbocycles. The zero-order valence-corrected chi connectivity index (χ0v) is 11.8. The van der Waals surface area contributed by atoms with Gasteiger partial charge in [-0.05, 0) is 13.8 Å². The van der Waals surface area contributed by atoms with Crippen molar-refractivity contribution in [2.75, 3.05) is 19.8 Å². The number of nitrogens with zero attached hydrogens (tertiary/aromatic N) is 4. The first-order valence-corrected chi connectivity index (χ1v) is 7.13. The summed E-state index contributed by atoms with van der Waals surface area (Å²) in [7, 11) is 0. The topological polar surface area (TPSA) is 64.3 Å². The molecule has 0 N–H and O–H groups in total. The van der Waals surface area contributed by atoms with Gasteiger partial charge in [0.15, 0.2) is 5.82 Å². The van der Waals surface area contributed by atoms with Gasteiger partial charge in [0.1, 0.15) is 6.04 Å². The maximum atomic E-state index is 5.54. The molecule has 1 atom stereocenters. The van der Waals surface area contributed by atoms with Gasteiger partial charge in [-0.3, -0.25) is 4.90 Å². The molecule has 1 aliphatic heterocycles. The fourth-order valence-corrected chi connectivity index (χ4v) is 2.97. The first-order valence-electron chi connectivity index (χ1n) is 6.25. The highest BCUT2D eigenvalue weighted by molar-refractivity contribution is 7.09. The van der Waals surface area contributed by atoms with Gasteiger partial charge in [0.2, 0.25) is 5.89 Å². The third kappa shape index (κ3) is 2.68. The van der Waals surface area contributed by atoms with E-state index < -0.39 is 0 Å². The average molecular weight is 280 g/mol. The summed E-state index contributed by atoms with van der Waals surface area (Å²) in [5.41, 5.74) is 2.98. The van der Waals surface area contributed by atoms with Crippen LogP contribution in [0.4, 0.5) is 0 Å². The monoisotopic (exact) mass is 280 g/mol. The van der Waals surface area contributed by atoms with Crippen molar-refractivity contribution in [2.45, 2.75) is 26.4 Å². The number of hydrogen-bond acceptors (Lipinski definition) is 7. The van der Waals surface area contributed by atoms with Gasteiger partial charge < -0.3 is 9.26 Å². The summed E-state index contributed by atoms with van der Waals surface area (Å²) in [5, 5.41) is 3.86. The van der Waals surface area contributed by atoms with Crippen molar-refractivity contribution in [2.24, 2.45) is 0 Å². The summed E-state index contributed by atoms with van der Waals surface area (Å²) in [6.45, 7) is 6.92. The zero-order valence-electron chi connectivity index (χ0n) is 11.0. The first kappa shape index (κ1) is 12.7. The highest BCUT2D eigenvalue weighted by atomic mass is 32.1. The van der Waals surface area contributed by atoms with E-state index in [0.717, 1.165) is 25.4 Å². The number of rotatable bonds is 3. The van der Waals surface area contributed by atoms with Crippen LogP contribution in [0.15, 0.2) is 10.0 Å². The van der Waals surface area contributed by atoms with Gasteiger partial charge in [-0.15, -0.1) is 11.3 Å². The van der Waals surface area contributed by atoms with Crippen molar-refractivity contribution in [1.29, 1.82) is 0 Å². The first-order chi connectivity index (χ1) is 9.24. The second kappa shape index (κ2) is 5.36. The van der Waals surface area contributed by atoms with Crippen molar-refractivity contribution in [3.63, 3.8) is 0 Å². The van der Waals surface area contributed by atoms with E-state index in [4.69, 9.17) is 9.26 Å². The Morgan fingerprint density at radius 2 is 2.37 bits per heavy atom. The van der Waals surface area contributed by atoms with Crippen LogP contribution in [0.1, 0.15) is 28.3 Å². The fourth-order valence-electron chi connectivity index (χ4n) is 2.17. The smallest absolute Gasteiger partial charge is 0.246 e. The predicted molar refractivity (Wildman–Crippen MR) is 69.9 cm³/mol. The summed E-state index contributed by atoms with van der Waals surface area (Å²) < 4.78 is 10.8. The minimum Gasteiger partial charge on any atom is -0.378 e. The second-order valence-corrected chi connectivity index (χ2v) is 5.54. The van der Waals surface area contributed by atoms with E-state index in [9.17, 15) is 0 Å². The summed E-state index contributed by atoms with van der Waals surface area (Å²) in [6, 6.07) is 0.0384. The molecule has 0 bridgehead atoms. The number of aryl methyl sites for hydroxylation is 2. The molecule has 2 aromatic heterocycles. The van der Waals surface area contributed by atoms with Gasteiger partial charge in [0.05, 0.1) is 24.4 Å². The third-order valence-electron chi connectivity index (χ3n) is 3.26. The van der Waals surface area contributed by atoms with Crippen LogP contribution >= 0.6 is 11.3 Å². The lowest BCUT2D eigenvalue weighted by atomic mass is 10.2. The Morgan fingerprint density at radius 1 is 1.47 bits per heavy atom. The molecule has 0 spiro atoms. The lowest BCUT2D eigenvalue weighted by Gasteiger charge is -2.32. The number of morpholine rings is 1. The van der Waals surface area contributed by atoms with Gasteiger partial charge in [0, 0.05) is 18.0 Å². The van der Waals surface area contributed by atoms with E-state index in [1.807, 2.05) is 19.4 Å². The molecule has 0 radical (unpaired) electrons. The minimum atomic E-state index is 0.0384. The highest BCUT2D eigenvalue weighted by Crippen LogP contribution is 2.26. The Kier molecular flexibility index (Phi) is 3.58. The molecule has 6 nitrogen and oxygen atoms in total. The number of thiazole rings is 1. The lowest BCUT2D eigenvalue weighted by Crippen LogP contribution is -2.39. The Labute approximate surface area is 115 Å².